The molecule has 0 aliphatic rings. The fourth-order valence-electron chi connectivity index (χ4n) is 2.95. The van der Waals surface area contributed by atoms with Crippen molar-refractivity contribution in [3.63, 3.8) is 0 Å². The number of nitrogens with one attached hydrogen (secondary N) is 1. The highest BCUT2D eigenvalue weighted by atomic mass is 35.5. The second-order valence-electron chi connectivity index (χ2n) is 6.23. The van der Waals surface area contributed by atoms with Crippen LogP contribution in [-0.4, -0.2) is 31.1 Å². The minimum atomic E-state index is -0.590. The molecule has 28 heavy (non-hydrogen) atoms. The summed E-state index contributed by atoms with van der Waals surface area (Å²) in [6.07, 6.45) is 2.22. The summed E-state index contributed by atoms with van der Waals surface area (Å²) in [6, 6.07) is 16.0. The Balaban J connectivity index is 1.58. The molecular weight excluding hydrogens is 376 g/mol. The van der Waals surface area contributed by atoms with E-state index in [0.29, 0.717) is 23.0 Å². The lowest BCUT2D eigenvalue weighted by Crippen LogP contribution is -2.27. The van der Waals surface area contributed by atoms with Crippen LogP contribution in [0, 0.1) is 0 Å². The van der Waals surface area contributed by atoms with Gasteiger partial charge in [-0.2, -0.15) is 4.80 Å². The SMILES string of the molecule is CC[C@@H](C(=O)Nc1cccc2cccnc12)n1nnc(-c2ccc(Cl)cc2)n1. The van der Waals surface area contributed by atoms with Crippen LogP contribution in [0.1, 0.15) is 19.4 Å². The maximum absolute atomic E-state index is 12.9. The van der Waals surface area contributed by atoms with Gasteiger partial charge in [0.05, 0.1) is 11.2 Å². The summed E-state index contributed by atoms with van der Waals surface area (Å²) in [5, 5.41) is 17.1. The molecule has 4 rings (SSSR count). The van der Waals surface area contributed by atoms with Crippen LogP contribution in [0.15, 0.2) is 60.8 Å². The molecule has 0 unspecified atom stereocenters. The van der Waals surface area contributed by atoms with Crippen molar-refractivity contribution in [2.24, 2.45) is 0 Å². The van der Waals surface area contributed by atoms with Crippen molar-refractivity contribution in [2.45, 2.75) is 19.4 Å². The lowest BCUT2D eigenvalue weighted by Gasteiger charge is -2.14. The fourth-order valence-corrected chi connectivity index (χ4v) is 3.07. The number of aromatic nitrogens is 5. The molecule has 0 saturated heterocycles. The van der Waals surface area contributed by atoms with E-state index in [4.69, 9.17) is 11.6 Å². The maximum atomic E-state index is 12.9. The van der Waals surface area contributed by atoms with Crippen LogP contribution in [0.5, 0.6) is 0 Å². The largest absolute Gasteiger partial charge is 0.322 e. The lowest BCUT2D eigenvalue weighted by molar-refractivity contribution is -0.119. The van der Waals surface area contributed by atoms with Gasteiger partial charge in [-0.1, -0.05) is 36.7 Å². The van der Waals surface area contributed by atoms with Gasteiger partial charge in [0, 0.05) is 22.2 Å². The zero-order valence-corrected chi connectivity index (χ0v) is 15.8. The van der Waals surface area contributed by atoms with Gasteiger partial charge in [0.25, 0.3) is 5.91 Å². The molecule has 4 aromatic rings. The van der Waals surface area contributed by atoms with Crippen molar-refractivity contribution in [3.8, 4) is 11.4 Å². The van der Waals surface area contributed by atoms with Gasteiger partial charge >= 0.3 is 0 Å². The summed E-state index contributed by atoms with van der Waals surface area (Å²) >= 11 is 5.92. The molecule has 0 spiro atoms. The van der Waals surface area contributed by atoms with Crippen molar-refractivity contribution in [3.05, 3.63) is 65.8 Å². The van der Waals surface area contributed by atoms with Gasteiger partial charge in [-0.3, -0.25) is 9.78 Å². The van der Waals surface area contributed by atoms with Gasteiger partial charge in [-0.05, 0) is 48.0 Å². The van der Waals surface area contributed by atoms with Crippen LogP contribution in [0.25, 0.3) is 22.3 Å². The molecule has 8 heteroatoms. The summed E-state index contributed by atoms with van der Waals surface area (Å²) in [5.74, 6) is 0.218. The fraction of sp³-hybridized carbons (Fsp3) is 0.150. The minimum Gasteiger partial charge on any atom is -0.322 e. The van der Waals surface area contributed by atoms with Crippen LogP contribution < -0.4 is 5.32 Å². The molecule has 1 atom stereocenters. The molecule has 0 bridgehead atoms. The Morgan fingerprint density at radius 3 is 2.71 bits per heavy atom. The van der Waals surface area contributed by atoms with Gasteiger partial charge in [-0.25, -0.2) is 0 Å². The molecule has 2 aromatic carbocycles. The monoisotopic (exact) mass is 392 g/mol. The Bertz CT molecular complexity index is 1120. The van der Waals surface area contributed by atoms with E-state index in [1.807, 2.05) is 49.4 Å². The smallest absolute Gasteiger partial charge is 0.251 e. The van der Waals surface area contributed by atoms with E-state index in [1.165, 1.54) is 4.80 Å². The van der Waals surface area contributed by atoms with Crippen LogP contribution in [0.3, 0.4) is 0 Å². The van der Waals surface area contributed by atoms with Crippen molar-refractivity contribution in [1.29, 1.82) is 0 Å². The zero-order chi connectivity index (χ0) is 19.5. The van der Waals surface area contributed by atoms with Gasteiger partial charge < -0.3 is 5.32 Å². The average molecular weight is 393 g/mol. The van der Waals surface area contributed by atoms with Crippen LogP contribution in [-0.2, 0) is 4.79 Å². The van der Waals surface area contributed by atoms with Crippen molar-refractivity contribution < 1.29 is 4.79 Å². The number of carbonyl (C=O) groups is 1. The van der Waals surface area contributed by atoms with Crippen molar-refractivity contribution in [1.82, 2.24) is 25.2 Å². The number of hydrogen-bond donors (Lipinski definition) is 1. The highest BCUT2D eigenvalue weighted by molar-refractivity contribution is 6.30. The summed E-state index contributed by atoms with van der Waals surface area (Å²) in [7, 11) is 0. The van der Waals surface area contributed by atoms with Gasteiger partial charge in [0.15, 0.2) is 6.04 Å². The maximum Gasteiger partial charge on any atom is 0.251 e. The number of rotatable bonds is 5. The van der Waals surface area contributed by atoms with Gasteiger partial charge in [-0.15, -0.1) is 10.2 Å². The number of amides is 1. The second kappa shape index (κ2) is 7.74. The normalized spacial score (nSPS) is 12.1. The number of benzene rings is 2. The summed E-state index contributed by atoms with van der Waals surface area (Å²) < 4.78 is 0. The predicted molar refractivity (Wildman–Crippen MR) is 108 cm³/mol. The topological polar surface area (TPSA) is 85.6 Å². The molecule has 0 aliphatic heterocycles. The van der Waals surface area contributed by atoms with E-state index in [2.05, 4.69) is 25.7 Å². The van der Waals surface area contributed by atoms with Crippen molar-refractivity contribution >= 4 is 34.1 Å². The molecule has 0 aliphatic carbocycles. The number of tetrazole rings is 1. The van der Waals surface area contributed by atoms with Gasteiger partial charge in [0.1, 0.15) is 0 Å². The van der Waals surface area contributed by atoms with Crippen LogP contribution in [0.2, 0.25) is 5.02 Å². The Labute approximate surface area is 166 Å². The first kappa shape index (κ1) is 18.1. The van der Waals surface area contributed by atoms with E-state index in [9.17, 15) is 4.79 Å². The third-order valence-corrected chi connectivity index (χ3v) is 4.64. The first-order valence-corrected chi connectivity index (χ1v) is 9.23. The van der Waals surface area contributed by atoms with E-state index in [1.54, 1.807) is 18.3 Å². The van der Waals surface area contributed by atoms with Crippen LogP contribution >= 0.6 is 11.6 Å². The number of carbonyl (C=O) groups excluding carboxylic acids is 1. The Morgan fingerprint density at radius 2 is 1.93 bits per heavy atom. The molecule has 1 amide bonds. The number of hydrogen-bond acceptors (Lipinski definition) is 5. The van der Waals surface area contributed by atoms with Gasteiger partial charge in [0.2, 0.25) is 5.82 Å². The molecule has 140 valence electrons. The van der Waals surface area contributed by atoms with Crippen LogP contribution in [0.4, 0.5) is 5.69 Å². The molecule has 1 N–H and O–H groups in total. The zero-order valence-electron chi connectivity index (χ0n) is 15.1. The lowest BCUT2D eigenvalue weighted by atomic mass is 10.1. The number of para-hydroxylation sites is 1. The minimum absolute atomic E-state index is 0.222. The quantitative estimate of drug-likeness (QED) is 0.551. The van der Waals surface area contributed by atoms with Crippen molar-refractivity contribution in [2.75, 3.05) is 5.32 Å². The third-order valence-electron chi connectivity index (χ3n) is 4.39. The standard InChI is InChI=1S/C20H17ClN6O/c1-2-17(27-25-19(24-26-27)14-8-10-15(21)11-9-14)20(28)23-16-7-3-5-13-6-4-12-22-18(13)16/h3-12,17H,2H2,1H3,(H,23,28)/t17-/m0/s1. The Hall–Kier alpha value is -3.32. The Morgan fingerprint density at radius 1 is 1.14 bits per heavy atom. The number of anilines is 1. The highest BCUT2D eigenvalue weighted by Crippen LogP contribution is 2.23. The molecular formula is C20H17ClN6O. The molecule has 0 fully saturated rings. The summed E-state index contributed by atoms with van der Waals surface area (Å²) in [6.45, 7) is 1.90. The average Bonchev–Trinajstić information content (AvgIpc) is 3.19. The predicted octanol–water partition coefficient (Wildman–Crippen LogP) is 4.13. The van der Waals surface area contributed by atoms with E-state index in [-0.39, 0.29) is 5.91 Å². The number of fused-ring (bicyclic) bond motifs is 1. The second-order valence-corrected chi connectivity index (χ2v) is 6.67. The number of nitrogens with zero attached hydrogens (tertiary/aromatic N) is 5. The summed E-state index contributed by atoms with van der Waals surface area (Å²) in [5.41, 5.74) is 2.17. The molecule has 2 heterocycles. The van der Waals surface area contributed by atoms with E-state index in [0.717, 1.165) is 16.5 Å². The molecule has 0 saturated carbocycles. The first-order valence-electron chi connectivity index (χ1n) is 8.86. The molecule has 2 aromatic heterocycles. The number of halogens is 1. The molecule has 0 radical (unpaired) electrons. The molecule has 7 nitrogen and oxygen atoms in total. The number of pyridine rings is 1. The van der Waals surface area contributed by atoms with E-state index >= 15 is 0 Å². The Kier molecular flexibility index (Phi) is 4.99. The first-order chi connectivity index (χ1) is 13.7. The summed E-state index contributed by atoms with van der Waals surface area (Å²) in [4.78, 5) is 18.6. The highest BCUT2D eigenvalue weighted by Gasteiger charge is 2.23. The third kappa shape index (κ3) is 3.57. The van der Waals surface area contributed by atoms with E-state index < -0.39 is 6.04 Å².